The first-order valence-corrected chi connectivity index (χ1v) is 5.65. The van der Waals surface area contributed by atoms with Crippen LogP contribution in [0, 0.1) is 10.1 Å². The van der Waals surface area contributed by atoms with Crippen LogP contribution in [0.5, 0.6) is 0 Å². The second-order valence-corrected chi connectivity index (χ2v) is 3.54. The van der Waals surface area contributed by atoms with Crippen LogP contribution < -0.4 is 5.32 Å². The molecule has 7 heteroatoms. The molecule has 1 N–H and O–H groups in total. The standard InChI is InChI=1S/C11H17N3O4/c1-17-7-8-18-6-2-4-12-11-9-10(14(15)16)3-5-13-11/h3,5,9H,2,4,6-8H2,1H3,(H,12,13). The van der Waals surface area contributed by atoms with Crippen LogP contribution >= 0.6 is 0 Å². The summed E-state index contributed by atoms with van der Waals surface area (Å²) in [5.41, 5.74) is 0.0313. The maximum absolute atomic E-state index is 10.5. The molecule has 18 heavy (non-hydrogen) atoms. The Kier molecular flexibility index (Phi) is 6.67. The molecule has 0 saturated carbocycles. The van der Waals surface area contributed by atoms with Crippen LogP contribution in [-0.4, -0.2) is 43.4 Å². The smallest absolute Gasteiger partial charge is 0.274 e. The van der Waals surface area contributed by atoms with Crippen molar-refractivity contribution in [2.45, 2.75) is 6.42 Å². The van der Waals surface area contributed by atoms with Gasteiger partial charge in [0.2, 0.25) is 0 Å². The molecule has 0 aliphatic heterocycles. The van der Waals surface area contributed by atoms with Gasteiger partial charge in [0.15, 0.2) is 0 Å². The van der Waals surface area contributed by atoms with Crippen LogP contribution in [0.3, 0.4) is 0 Å². The summed E-state index contributed by atoms with van der Waals surface area (Å²) >= 11 is 0. The number of rotatable bonds is 9. The van der Waals surface area contributed by atoms with E-state index in [9.17, 15) is 10.1 Å². The van der Waals surface area contributed by atoms with Gasteiger partial charge in [-0.25, -0.2) is 4.98 Å². The lowest BCUT2D eigenvalue weighted by molar-refractivity contribution is -0.384. The Bertz CT molecular complexity index is 373. The average molecular weight is 255 g/mol. The van der Waals surface area contributed by atoms with E-state index in [0.29, 0.717) is 32.2 Å². The summed E-state index contributed by atoms with van der Waals surface area (Å²) in [6.07, 6.45) is 2.21. The van der Waals surface area contributed by atoms with Crippen molar-refractivity contribution in [1.82, 2.24) is 4.98 Å². The SMILES string of the molecule is COCCOCCCNc1cc([N+](=O)[O-])ccn1. The summed E-state index contributed by atoms with van der Waals surface area (Å²) in [7, 11) is 1.62. The van der Waals surface area contributed by atoms with Gasteiger partial charge in [0.25, 0.3) is 5.69 Å². The largest absolute Gasteiger partial charge is 0.382 e. The van der Waals surface area contributed by atoms with Gasteiger partial charge in [-0.05, 0) is 6.42 Å². The van der Waals surface area contributed by atoms with Crippen molar-refractivity contribution < 1.29 is 14.4 Å². The fourth-order valence-corrected chi connectivity index (χ4v) is 1.26. The van der Waals surface area contributed by atoms with Crippen molar-refractivity contribution in [3.05, 3.63) is 28.4 Å². The summed E-state index contributed by atoms with van der Waals surface area (Å²) in [4.78, 5) is 14.1. The minimum absolute atomic E-state index is 0.0313. The van der Waals surface area contributed by atoms with E-state index in [1.54, 1.807) is 7.11 Å². The van der Waals surface area contributed by atoms with E-state index in [1.165, 1.54) is 18.3 Å². The Morgan fingerprint density at radius 2 is 2.28 bits per heavy atom. The number of hydrogen-bond acceptors (Lipinski definition) is 6. The molecule has 1 rings (SSSR count). The van der Waals surface area contributed by atoms with E-state index in [0.717, 1.165) is 6.42 Å². The highest BCUT2D eigenvalue weighted by atomic mass is 16.6. The maximum atomic E-state index is 10.5. The molecule has 0 aliphatic rings. The van der Waals surface area contributed by atoms with Crippen molar-refractivity contribution in [1.29, 1.82) is 0 Å². The first kappa shape index (κ1) is 14.3. The number of pyridine rings is 1. The Balaban J connectivity index is 2.19. The molecule has 1 aromatic heterocycles. The molecular formula is C11H17N3O4. The van der Waals surface area contributed by atoms with Crippen LogP contribution in [0.1, 0.15) is 6.42 Å². The summed E-state index contributed by atoms with van der Waals surface area (Å²) in [5.74, 6) is 0.501. The molecule has 0 fully saturated rings. The summed E-state index contributed by atoms with van der Waals surface area (Å²) in [6.45, 7) is 2.43. The van der Waals surface area contributed by atoms with Gasteiger partial charge in [0, 0.05) is 32.5 Å². The first-order valence-electron chi connectivity index (χ1n) is 5.65. The van der Waals surface area contributed by atoms with Crippen molar-refractivity contribution in [3.63, 3.8) is 0 Å². The molecular weight excluding hydrogens is 238 g/mol. The van der Waals surface area contributed by atoms with E-state index in [4.69, 9.17) is 9.47 Å². The first-order chi connectivity index (χ1) is 8.74. The Morgan fingerprint density at radius 1 is 1.44 bits per heavy atom. The van der Waals surface area contributed by atoms with Gasteiger partial charge in [-0.15, -0.1) is 0 Å². The lowest BCUT2D eigenvalue weighted by Crippen LogP contribution is -2.09. The lowest BCUT2D eigenvalue weighted by Gasteiger charge is -2.06. The fraction of sp³-hybridized carbons (Fsp3) is 0.545. The highest BCUT2D eigenvalue weighted by Crippen LogP contribution is 2.13. The van der Waals surface area contributed by atoms with Gasteiger partial charge < -0.3 is 14.8 Å². The van der Waals surface area contributed by atoms with Crippen LogP contribution in [0.15, 0.2) is 18.3 Å². The topological polar surface area (TPSA) is 86.5 Å². The minimum Gasteiger partial charge on any atom is -0.382 e. The van der Waals surface area contributed by atoms with E-state index in [1.807, 2.05) is 0 Å². The van der Waals surface area contributed by atoms with E-state index in [2.05, 4.69) is 10.3 Å². The Morgan fingerprint density at radius 3 is 3.00 bits per heavy atom. The van der Waals surface area contributed by atoms with Crippen LogP contribution in [0.4, 0.5) is 11.5 Å². The highest BCUT2D eigenvalue weighted by molar-refractivity contribution is 5.43. The molecule has 0 aromatic carbocycles. The van der Waals surface area contributed by atoms with Crippen molar-refractivity contribution in [3.8, 4) is 0 Å². The second kappa shape index (κ2) is 8.37. The quantitative estimate of drug-likeness (QED) is 0.408. The molecule has 100 valence electrons. The minimum atomic E-state index is -0.444. The summed E-state index contributed by atoms with van der Waals surface area (Å²) < 4.78 is 10.1. The molecule has 0 unspecified atom stereocenters. The highest BCUT2D eigenvalue weighted by Gasteiger charge is 2.05. The average Bonchev–Trinajstić information content (AvgIpc) is 2.38. The Hall–Kier alpha value is -1.73. The third-order valence-corrected chi connectivity index (χ3v) is 2.16. The van der Waals surface area contributed by atoms with E-state index in [-0.39, 0.29) is 5.69 Å². The zero-order chi connectivity index (χ0) is 13.2. The molecule has 0 radical (unpaired) electrons. The van der Waals surface area contributed by atoms with Crippen molar-refractivity contribution in [2.75, 3.05) is 38.8 Å². The normalized spacial score (nSPS) is 10.3. The third kappa shape index (κ3) is 5.55. The molecule has 0 saturated heterocycles. The van der Waals surface area contributed by atoms with Gasteiger partial charge in [-0.1, -0.05) is 0 Å². The molecule has 1 heterocycles. The van der Waals surface area contributed by atoms with Gasteiger partial charge >= 0.3 is 0 Å². The molecule has 0 aliphatic carbocycles. The van der Waals surface area contributed by atoms with Crippen LogP contribution in [0.2, 0.25) is 0 Å². The molecule has 0 bridgehead atoms. The molecule has 0 atom stereocenters. The van der Waals surface area contributed by atoms with Crippen LogP contribution in [-0.2, 0) is 9.47 Å². The third-order valence-electron chi connectivity index (χ3n) is 2.16. The maximum Gasteiger partial charge on any atom is 0.274 e. The number of nitro groups is 1. The number of nitrogens with one attached hydrogen (secondary N) is 1. The van der Waals surface area contributed by atoms with Crippen molar-refractivity contribution in [2.24, 2.45) is 0 Å². The molecule has 0 amide bonds. The van der Waals surface area contributed by atoms with Gasteiger partial charge in [0.1, 0.15) is 5.82 Å². The number of methoxy groups -OCH3 is 1. The summed E-state index contributed by atoms with van der Waals surface area (Å²) in [6, 6.07) is 2.77. The number of ether oxygens (including phenoxy) is 2. The zero-order valence-electron chi connectivity index (χ0n) is 10.3. The fourth-order valence-electron chi connectivity index (χ4n) is 1.26. The van der Waals surface area contributed by atoms with Crippen LogP contribution in [0.25, 0.3) is 0 Å². The van der Waals surface area contributed by atoms with Gasteiger partial charge in [-0.3, -0.25) is 10.1 Å². The van der Waals surface area contributed by atoms with E-state index >= 15 is 0 Å². The predicted octanol–water partition coefficient (Wildman–Crippen LogP) is 1.45. The number of nitrogens with zero attached hydrogens (tertiary/aromatic N) is 2. The number of anilines is 1. The van der Waals surface area contributed by atoms with Crippen molar-refractivity contribution >= 4 is 11.5 Å². The lowest BCUT2D eigenvalue weighted by atomic mass is 10.4. The zero-order valence-corrected chi connectivity index (χ0v) is 10.3. The number of hydrogen-bond donors (Lipinski definition) is 1. The Labute approximate surface area is 105 Å². The molecule has 7 nitrogen and oxygen atoms in total. The molecule has 1 aromatic rings. The monoisotopic (exact) mass is 255 g/mol. The van der Waals surface area contributed by atoms with E-state index < -0.39 is 4.92 Å². The number of aromatic nitrogens is 1. The second-order valence-electron chi connectivity index (χ2n) is 3.54. The van der Waals surface area contributed by atoms with Gasteiger partial charge in [-0.2, -0.15) is 0 Å². The predicted molar refractivity (Wildman–Crippen MR) is 66.7 cm³/mol. The molecule has 0 spiro atoms. The van der Waals surface area contributed by atoms with Gasteiger partial charge in [0.05, 0.1) is 24.2 Å². The summed E-state index contributed by atoms with van der Waals surface area (Å²) in [5, 5.41) is 13.6.